The van der Waals surface area contributed by atoms with Crippen molar-refractivity contribution < 1.29 is 22.7 Å². The molecule has 1 N–H and O–H groups in total. The summed E-state index contributed by atoms with van der Waals surface area (Å²) in [5.74, 6) is 1.21. The highest BCUT2D eigenvalue weighted by Gasteiger charge is 2.27. The summed E-state index contributed by atoms with van der Waals surface area (Å²) in [5.41, 5.74) is 0.699. The predicted molar refractivity (Wildman–Crippen MR) is 132 cm³/mol. The fraction of sp³-hybridized carbons (Fsp3) is 0.346. The molecule has 8 heteroatoms. The van der Waals surface area contributed by atoms with Gasteiger partial charge in [0.2, 0.25) is 15.9 Å². The molecule has 0 bridgehead atoms. The minimum absolute atomic E-state index is 0.128. The van der Waals surface area contributed by atoms with Gasteiger partial charge in [0.25, 0.3) is 0 Å². The van der Waals surface area contributed by atoms with Crippen LogP contribution in [0.3, 0.4) is 0 Å². The van der Waals surface area contributed by atoms with Crippen LogP contribution in [0.25, 0.3) is 10.8 Å². The maximum Gasteiger partial charge on any atom is 0.243 e. The van der Waals surface area contributed by atoms with Gasteiger partial charge in [-0.15, -0.1) is 0 Å². The first kappa shape index (κ1) is 24.0. The van der Waals surface area contributed by atoms with Gasteiger partial charge in [-0.05, 0) is 65.9 Å². The summed E-state index contributed by atoms with van der Waals surface area (Å²) in [6.07, 6.45) is 2.36. The Bertz CT molecular complexity index is 1250. The van der Waals surface area contributed by atoms with Gasteiger partial charge >= 0.3 is 0 Å². The summed E-state index contributed by atoms with van der Waals surface area (Å²) >= 11 is 0. The number of nitrogens with one attached hydrogen (secondary N) is 1. The summed E-state index contributed by atoms with van der Waals surface area (Å²) in [4.78, 5) is 12.6. The number of fused-ring (bicyclic) bond motifs is 1. The van der Waals surface area contributed by atoms with Crippen molar-refractivity contribution in [1.29, 1.82) is 0 Å². The van der Waals surface area contributed by atoms with E-state index in [1.807, 2.05) is 42.5 Å². The van der Waals surface area contributed by atoms with E-state index >= 15 is 0 Å². The third-order valence-corrected chi connectivity index (χ3v) is 7.88. The average Bonchev–Trinajstić information content (AvgIpc) is 3.41. The summed E-state index contributed by atoms with van der Waals surface area (Å²) in [5, 5.41) is 5.11. The van der Waals surface area contributed by atoms with Crippen molar-refractivity contribution in [2.45, 2.75) is 30.6 Å². The van der Waals surface area contributed by atoms with E-state index in [1.165, 1.54) is 11.4 Å². The Morgan fingerprint density at radius 3 is 2.53 bits per heavy atom. The van der Waals surface area contributed by atoms with Crippen molar-refractivity contribution in [2.75, 3.05) is 33.4 Å². The molecule has 180 valence electrons. The number of hydrogen-bond donors (Lipinski definition) is 1. The van der Waals surface area contributed by atoms with Crippen molar-refractivity contribution in [2.24, 2.45) is 0 Å². The van der Waals surface area contributed by atoms with Gasteiger partial charge in [0.15, 0.2) is 0 Å². The molecule has 0 spiro atoms. The highest BCUT2D eigenvalue weighted by molar-refractivity contribution is 7.89. The van der Waals surface area contributed by atoms with E-state index in [-0.39, 0.29) is 17.2 Å². The molecule has 3 aromatic rings. The Labute approximate surface area is 200 Å². The lowest BCUT2D eigenvalue weighted by Crippen LogP contribution is -2.28. The van der Waals surface area contributed by atoms with Crippen molar-refractivity contribution in [1.82, 2.24) is 9.62 Å². The van der Waals surface area contributed by atoms with Gasteiger partial charge in [0, 0.05) is 19.5 Å². The van der Waals surface area contributed by atoms with Crippen molar-refractivity contribution >= 4 is 26.7 Å². The summed E-state index contributed by atoms with van der Waals surface area (Å²) in [6.45, 7) is 1.84. The van der Waals surface area contributed by atoms with E-state index < -0.39 is 10.0 Å². The molecule has 1 saturated heterocycles. The number of aryl methyl sites for hydroxylation is 1. The van der Waals surface area contributed by atoms with Crippen molar-refractivity contribution in [3.63, 3.8) is 0 Å². The second-order valence-corrected chi connectivity index (χ2v) is 10.2. The van der Waals surface area contributed by atoms with Gasteiger partial charge in [-0.2, -0.15) is 4.31 Å². The average molecular weight is 483 g/mol. The molecule has 0 unspecified atom stereocenters. The maximum absolute atomic E-state index is 12.9. The molecular weight excluding hydrogens is 452 g/mol. The van der Waals surface area contributed by atoms with Crippen LogP contribution in [0.1, 0.15) is 24.8 Å². The molecule has 1 amide bonds. The smallest absolute Gasteiger partial charge is 0.243 e. The van der Waals surface area contributed by atoms with Crippen LogP contribution in [-0.2, 0) is 21.2 Å². The van der Waals surface area contributed by atoms with E-state index in [1.54, 1.807) is 18.2 Å². The minimum Gasteiger partial charge on any atom is -0.496 e. The van der Waals surface area contributed by atoms with Gasteiger partial charge in [0.1, 0.15) is 18.1 Å². The zero-order valence-electron chi connectivity index (χ0n) is 19.3. The number of carbonyl (C=O) groups excluding carboxylic acids is 1. The van der Waals surface area contributed by atoms with E-state index in [0.29, 0.717) is 44.0 Å². The molecule has 0 atom stereocenters. The SMILES string of the molecule is COc1ccc(S(=O)(=O)N2CCCC2)cc1CCC(=O)NCCOc1ccc2ccccc2c1. The molecule has 1 heterocycles. The molecule has 0 aliphatic carbocycles. The second kappa shape index (κ2) is 10.9. The highest BCUT2D eigenvalue weighted by atomic mass is 32.2. The predicted octanol–water partition coefficient (Wildman–Crippen LogP) is 3.76. The minimum atomic E-state index is -3.52. The number of carbonyl (C=O) groups is 1. The number of nitrogens with zero attached hydrogens (tertiary/aromatic N) is 1. The van der Waals surface area contributed by atoms with Gasteiger partial charge in [0.05, 0.1) is 18.6 Å². The number of amides is 1. The third-order valence-electron chi connectivity index (χ3n) is 5.99. The Morgan fingerprint density at radius 2 is 1.76 bits per heavy atom. The molecular formula is C26H30N2O5S. The Balaban J connectivity index is 1.28. The first-order valence-electron chi connectivity index (χ1n) is 11.5. The summed E-state index contributed by atoms with van der Waals surface area (Å²) in [7, 11) is -1.98. The Hall–Kier alpha value is -3.10. The molecule has 1 aliphatic heterocycles. The van der Waals surface area contributed by atoms with Crippen LogP contribution in [0.4, 0.5) is 0 Å². The van der Waals surface area contributed by atoms with E-state index in [0.717, 1.165) is 29.4 Å². The number of rotatable bonds is 10. The monoisotopic (exact) mass is 482 g/mol. The second-order valence-electron chi connectivity index (χ2n) is 8.29. The van der Waals surface area contributed by atoms with Crippen LogP contribution in [0, 0.1) is 0 Å². The number of ether oxygens (including phenoxy) is 2. The van der Waals surface area contributed by atoms with Crippen molar-refractivity contribution in [3.8, 4) is 11.5 Å². The number of benzene rings is 3. The molecule has 1 aliphatic rings. The normalized spacial score (nSPS) is 14.3. The molecule has 7 nitrogen and oxygen atoms in total. The molecule has 34 heavy (non-hydrogen) atoms. The Kier molecular flexibility index (Phi) is 7.70. The molecule has 3 aromatic carbocycles. The largest absolute Gasteiger partial charge is 0.496 e. The molecule has 1 fully saturated rings. The van der Waals surface area contributed by atoms with E-state index in [2.05, 4.69) is 5.32 Å². The van der Waals surface area contributed by atoms with Crippen molar-refractivity contribution in [3.05, 3.63) is 66.2 Å². The molecule has 0 saturated carbocycles. The van der Waals surface area contributed by atoms with Crippen LogP contribution >= 0.6 is 0 Å². The van der Waals surface area contributed by atoms with Gasteiger partial charge in [-0.3, -0.25) is 4.79 Å². The quantitative estimate of drug-likeness (QED) is 0.445. The van der Waals surface area contributed by atoms with Crippen LogP contribution < -0.4 is 14.8 Å². The lowest BCUT2D eigenvalue weighted by atomic mass is 10.1. The summed E-state index contributed by atoms with van der Waals surface area (Å²) in [6, 6.07) is 18.8. The zero-order chi connectivity index (χ0) is 24.0. The van der Waals surface area contributed by atoms with Crippen LogP contribution in [0.15, 0.2) is 65.6 Å². The first-order chi connectivity index (χ1) is 16.5. The van der Waals surface area contributed by atoms with Gasteiger partial charge in [-0.25, -0.2) is 8.42 Å². The molecule has 0 radical (unpaired) electrons. The van der Waals surface area contributed by atoms with Crippen LogP contribution in [-0.4, -0.2) is 52.0 Å². The Morgan fingerprint density at radius 1 is 1.00 bits per heavy atom. The lowest BCUT2D eigenvalue weighted by Gasteiger charge is -2.17. The van der Waals surface area contributed by atoms with Gasteiger partial charge < -0.3 is 14.8 Å². The number of sulfonamides is 1. The molecule has 0 aromatic heterocycles. The number of methoxy groups -OCH3 is 1. The van der Waals surface area contributed by atoms with Crippen LogP contribution in [0.5, 0.6) is 11.5 Å². The van der Waals surface area contributed by atoms with E-state index in [9.17, 15) is 13.2 Å². The fourth-order valence-electron chi connectivity index (χ4n) is 4.14. The van der Waals surface area contributed by atoms with Crippen LogP contribution in [0.2, 0.25) is 0 Å². The molecule has 4 rings (SSSR count). The topological polar surface area (TPSA) is 84.9 Å². The zero-order valence-corrected chi connectivity index (χ0v) is 20.1. The number of hydrogen-bond acceptors (Lipinski definition) is 5. The summed E-state index contributed by atoms with van der Waals surface area (Å²) < 4.78 is 38.4. The third kappa shape index (κ3) is 5.69. The van der Waals surface area contributed by atoms with Gasteiger partial charge in [-0.1, -0.05) is 30.3 Å². The van der Waals surface area contributed by atoms with E-state index in [4.69, 9.17) is 9.47 Å². The maximum atomic E-state index is 12.9. The fourth-order valence-corrected chi connectivity index (χ4v) is 5.71. The standard InChI is InChI=1S/C26H30N2O5S/c1-32-25-12-11-24(34(30,31)28-15-4-5-16-28)19-22(25)9-13-26(29)27-14-17-33-23-10-8-20-6-2-3-7-21(20)18-23/h2-3,6-8,10-12,18-19H,4-5,9,13-17H2,1H3,(H,27,29). The first-order valence-corrected chi connectivity index (χ1v) is 13.0. The highest BCUT2D eigenvalue weighted by Crippen LogP contribution is 2.27. The lowest BCUT2D eigenvalue weighted by molar-refractivity contribution is -0.121.